The third-order valence-electron chi connectivity index (χ3n) is 9.05. The average Bonchev–Trinajstić information content (AvgIpc) is 3.43. The molecule has 4 fully saturated rings. The van der Waals surface area contributed by atoms with Crippen LogP contribution < -0.4 is 0 Å². The van der Waals surface area contributed by atoms with Gasteiger partial charge in [0.15, 0.2) is 5.79 Å². The molecule has 8 nitrogen and oxygen atoms in total. The minimum atomic E-state index is -1.15. The van der Waals surface area contributed by atoms with E-state index in [0.717, 1.165) is 35.4 Å². The SMILES string of the molecule is CCCc1nc(C)cc2c1C(OC)(OC)[C@@H]1[C@@H]3[C@H]([C@@H]4OCCO[C@@]4(OC)[C@]21Br)C31OCC(C)(C)CO1. The second kappa shape index (κ2) is 8.18. The number of halogens is 1. The Hall–Kier alpha value is -0.650. The fraction of sp³-hybridized carbons (Fsp3) is 0.815. The van der Waals surface area contributed by atoms with Gasteiger partial charge in [0.25, 0.3) is 0 Å². The number of hydrogen-bond donors (Lipinski definition) is 0. The van der Waals surface area contributed by atoms with Gasteiger partial charge in [0, 0.05) is 49.6 Å². The first-order chi connectivity index (χ1) is 17.1. The standard InChI is InChI=1S/C27H38BrNO7/c1-8-9-17-18-16(12-15(2)29-17)24(28)21(26(18,30-5)31-6)19-20(22-27(24,32-7)34-11-10-33-22)25(19)35-13-23(3,4)14-36-25/h12,19-22H,8-11,13-14H2,1-7H3/t19-,20+,21+,22-,24-,27+/m0/s1. The van der Waals surface area contributed by atoms with Crippen molar-refractivity contribution in [2.45, 2.75) is 68.3 Å². The molecule has 3 heterocycles. The molecule has 9 heteroatoms. The Labute approximate surface area is 221 Å². The van der Waals surface area contributed by atoms with Crippen molar-refractivity contribution in [1.82, 2.24) is 4.98 Å². The van der Waals surface area contributed by atoms with E-state index in [1.54, 1.807) is 21.3 Å². The largest absolute Gasteiger partial charge is 0.370 e. The van der Waals surface area contributed by atoms with E-state index in [2.05, 4.69) is 42.8 Å². The van der Waals surface area contributed by atoms with Crippen molar-refractivity contribution >= 4 is 15.9 Å². The topological polar surface area (TPSA) is 77.5 Å². The van der Waals surface area contributed by atoms with Gasteiger partial charge in [-0.05, 0) is 25.0 Å². The minimum Gasteiger partial charge on any atom is -0.370 e. The molecule has 2 saturated heterocycles. The molecule has 1 aromatic rings. The molecule has 0 bridgehead atoms. The second-order valence-corrected chi connectivity index (χ2v) is 12.9. The lowest BCUT2D eigenvalue weighted by Crippen LogP contribution is -2.69. The van der Waals surface area contributed by atoms with Crippen molar-refractivity contribution in [2.24, 2.45) is 23.2 Å². The highest BCUT2D eigenvalue weighted by atomic mass is 79.9. The highest BCUT2D eigenvalue weighted by Crippen LogP contribution is 2.80. The van der Waals surface area contributed by atoms with Crippen LogP contribution in [0.4, 0.5) is 0 Å². The lowest BCUT2D eigenvalue weighted by Gasteiger charge is -2.56. The van der Waals surface area contributed by atoms with Gasteiger partial charge in [0.1, 0.15) is 10.4 Å². The molecule has 1 aromatic heterocycles. The van der Waals surface area contributed by atoms with Crippen LogP contribution in [0, 0.1) is 30.1 Å². The molecule has 0 N–H and O–H groups in total. The van der Waals surface area contributed by atoms with Crippen LogP contribution in [0.2, 0.25) is 0 Å². The zero-order chi connectivity index (χ0) is 25.7. The lowest BCUT2D eigenvalue weighted by atomic mass is 9.71. The number of methoxy groups -OCH3 is 3. The molecule has 2 saturated carbocycles. The van der Waals surface area contributed by atoms with E-state index in [0.29, 0.717) is 26.4 Å². The number of nitrogens with zero attached hydrogens (tertiary/aromatic N) is 1. The Morgan fingerprint density at radius 2 is 1.72 bits per heavy atom. The van der Waals surface area contributed by atoms with Gasteiger partial charge in [-0.15, -0.1) is 0 Å². The summed E-state index contributed by atoms with van der Waals surface area (Å²) in [4.78, 5) is 4.97. The number of rotatable bonds is 5. The van der Waals surface area contributed by atoms with Crippen LogP contribution in [0.1, 0.15) is 49.7 Å². The second-order valence-electron chi connectivity index (χ2n) is 11.7. The Balaban J connectivity index is 1.63. The third-order valence-corrected chi connectivity index (χ3v) is 10.5. The van der Waals surface area contributed by atoms with Crippen LogP contribution in [0.15, 0.2) is 6.07 Å². The molecule has 6 rings (SSSR count). The number of aryl methyl sites for hydroxylation is 2. The van der Waals surface area contributed by atoms with Gasteiger partial charge in [-0.1, -0.05) is 43.1 Å². The van der Waals surface area contributed by atoms with E-state index in [9.17, 15) is 0 Å². The van der Waals surface area contributed by atoms with Gasteiger partial charge in [-0.25, -0.2) is 0 Å². The summed E-state index contributed by atoms with van der Waals surface area (Å²) in [7, 11) is 5.12. The minimum absolute atomic E-state index is 0.0711. The van der Waals surface area contributed by atoms with Crippen LogP contribution in [0.3, 0.4) is 0 Å². The van der Waals surface area contributed by atoms with Crippen LogP contribution in [0.5, 0.6) is 0 Å². The molecule has 5 aliphatic rings. The van der Waals surface area contributed by atoms with Crippen LogP contribution in [0.25, 0.3) is 0 Å². The molecular formula is C27H38BrNO7. The van der Waals surface area contributed by atoms with Crippen LogP contribution in [-0.2, 0) is 49.7 Å². The fourth-order valence-electron chi connectivity index (χ4n) is 7.70. The highest BCUT2D eigenvalue weighted by molar-refractivity contribution is 9.09. The maximum atomic E-state index is 6.65. The predicted octanol–water partition coefficient (Wildman–Crippen LogP) is 3.80. The summed E-state index contributed by atoms with van der Waals surface area (Å²) in [6, 6.07) is 2.12. The Morgan fingerprint density at radius 3 is 2.33 bits per heavy atom. The van der Waals surface area contributed by atoms with Gasteiger partial charge < -0.3 is 33.2 Å². The number of hydrogen-bond acceptors (Lipinski definition) is 8. The zero-order valence-corrected chi connectivity index (χ0v) is 23.9. The maximum absolute atomic E-state index is 6.65. The van der Waals surface area contributed by atoms with Gasteiger partial charge in [-0.2, -0.15) is 0 Å². The van der Waals surface area contributed by atoms with Crippen LogP contribution >= 0.6 is 15.9 Å². The first-order valence-electron chi connectivity index (χ1n) is 13.0. The zero-order valence-electron chi connectivity index (χ0n) is 22.3. The number of alkyl halides is 1. The van der Waals surface area contributed by atoms with E-state index in [-0.39, 0.29) is 23.2 Å². The molecule has 2 aliphatic heterocycles. The maximum Gasteiger partial charge on any atom is 0.215 e. The predicted molar refractivity (Wildman–Crippen MR) is 134 cm³/mol. The number of aromatic nitrogens is 1. The fourth-order valence-corrected chi connectivity index (χ4v) is 9.10. The van der Waals surface area contributed by atoms with E-state index in [1.807, 2.05) is 6.92 Å². The lowest BCUT2D eigenvalue weighted by molar-refractivity contribution is -0.368. The summed E-state index contributed by atoms with van der Waals surface area (Å²) in [5, 5.41) is 0. The van der Waals surface area contributed by atoms with Crippen LogP contribution in [-0.4, -0.2) is 70.4 Å². The van der Waals surface area contributed by atoms with Crippen molar-refractivity contribution in [3.63, 3.8) is 0 Å². The molecular weight excluding hydrogens is 530 g/mol. The number of fused-ring (bicyclic) bond motifs is 10. The molecule has 0 unspecified atom stereocenters. The molecule has 3 aliphatic carbocycles. The third kappa shape index (κ3) is 2.87. The Morgan fingerprint density at radius 1 is 1.03 bits per heavy atom. The Kier molecular flexibility index (Phi) is 5.82. The van der Waals surface area contributed by atoms with Crippen molar-refractivity contribution in [2.75, 3.05) is 47.8 Å². The van der Waals surface area contributed by atoms with E-state index < -0.39 is 27.8 Å². The summed E-state index contributed by atoms with van der Waals surface area (Å²) in [6.45, 7) is 10.6. The smallest absolute Gasteiger partial charge is 0.215 e. The highest BCUT2D eigenvalue weighted by Gasteiger charge is 2.91. The Bertz CT molecular complexity index is 1050. The molecule has 0 radical (unpaired) electrons. The normalized spacial score (nSPS) is 40.8. The molecule has 0 aromatic carbocycles. The van der Waals surface area contributed by atoms with Crippen molar-refractivity contribution in [1.29, 1.82) is 0 Å². The summed E-state index contributed by atoms with van der Waals surface area (Å²) in [5.41, 5.74) is 3.79. The summed E-state index contributed by atoms with van der Waals surface area (Å²) >= 11 is 4.27. The first kappa shape index (κ1) is 25.6. The van der Waals surface area contributed by atoms with E-state index in [1.165, 1.54) is 0 Å². The van der Waals surface area contributed by atoms with Crippen molar-refractivity contribution in [3.05, 3.63) is 28.6 Å². The molecule has 6 atom stereocenters. The molecule has 0 amide bonds. The van der Waals surface area contributed by atoms with Crippen molar-refractivity contribution in [3.8, 4) is 0 Å². The summed E-state index contributed by atoms with van der Waals surface area (Å²) in [6.07, 6.45) is 1.34. The van der Waals surface area contributed by atoms with Gasteiger partial charge in [0.05, 0.1) is 38.3 Å². The van der Waals surface area contributed by atoms with E-state index in [4.69, 9.17) is 38.1 Å². The number of ether oxygens (including phenoxy) is 7. The number of pyridine rings is 1. The van der Waals surface area contributed by atoms with Gasteiger partial charge in [0.2, 0.25) is 11.6 Å². The van der Waals surface area contributed by atoms with Crippen molar-refractivity contribution < 1.29 is 33.2 Å². The van der Waals surface area contributed by atoms with Gasteiger partial charge in [-0.3, -0.25) is 4.98 Å². The summed E-state index contributed by atoms with van der Waals surface area (Å²) < 4.78 is 44.9. The van der Waals surface area contributed by atoms with E-state index >= 15 is 0 Å². The average molecular weight is 569 g/mol. The first-order valence-corrected chi connectivity index (χ1v) is 13.8. The summed E-state index contributed by atoms with van der Waals surface area (Å²) in [5.74, 6) is -3.56. The van der Waals surface area contributed by atoms with Gasteiger partial charge >= 0.3 is 0 Å². The monoisotopic (exact) mass is 567 g/mol. The molecule has 1 spiro atoms. The molecule has 200 valence electrons. The molecule has 36 heavy (non-hydrogen) atoms. The quantitative estimate of drug-likeness (QED) is 0.393.